The van der Waals surface area contributed by atoms with Crippen LogP contribution >= 0.6 is 15.9 Å². The summed E-state index contributed by atoms with van der Waals surface area (Å²) < 4.78 is 0.873. The molecule has 0 aliphatic carbocycles. The molecule has 4 heteroatoms. The van der Waals surface area contributed by atoms with Crippen LogP contribution in [0.1, 0.15) is 26.3 Å². The average Bonchev–Trinajstić information content (AvgIpc) is 2.20. The molecule has 0 heterocycles. The molecule has 0 fully saturated rings. The molecule has 0 saturated carbocycles. The minimum atomic E-state index is -0.250. The monoisotopic (exact) mass is 310 g/mol. The van der Waals surface area contributed by atoms with E-state index in [0.717, 1.165) is 15.7 Å². The Morgan fingerprint density at radius 2 is 2.00 bits per heavy atom. The molecule has 1 rings (SSSR count). The summed E-state index contributed by atoms with van der Waals surface area (Å²) >= 11 is 3.42. The summed E-state index contributed by atoms with van der Waals surface area (Å²) in [6.45, 7) is 8.21. The Kier molecular flexibility index (Phi) is 4.96. The Balaban J connectivity index is 2.58. The van der Waals surface area contributed by atoms with Crippen molar-refractivity contribution in [1.29, 1.82) is 0 Å². The number of halogens is 1. The van der Waals surface area contributed by atoms with Crippen LogP contribution in [0.2, 0.25) is 0 Å². The van der Waals surface area contributed by atoms with Gasteiger partial charge < -0.3 is 10.6 Å². The van der Waals surface area contributed by atoms with Gasteiger partial charge in [-0.2, -0.15) is 0 Å². The van der Waals surface area contributed by atoms with E-state index in [0.29, 0.717) is 0 Å². The van der Waals surface area contributed by atoms with E-state index in [1.165, 1.54) is 0 Å². The van der Waals surface area contributed by atoms with Crippen LogP contribution in [-0.2, 0) is 0 Å². The quantitative estimate of drug-likeness (QED) is 0.833. The van der Waals surface area contributed by atoms with Crippen molar-refractivity contribution < 1.29 is 4.79 Å². The summed E-state index contributed by atoms with van der Waals surface area (Å²) in [7, 11) is 0. The first-order chi connectivity index (χ1) is 8.28. The molecule has 98 valence electrons. The smallest absolute Gasteiger partial charge is 0.315 e. The van der Waals surface area contributed by atoms with Crippen molar-refractivity contribution in [3.05, 3.63) is 40.5 Å². The summed E-state index contributed by atoms with van der Waals surface area (Å²) in [5.41, 5.74) is 1.94. The molecule has 0 unspecified atom stereocenters. The second-order valence-corrected chi connectivity index (χ2v) is 6.14. The number of urea groups is 1. The Hall–Kier alpha value is -1.29. The van der Waals surface area contributed by atoms with Crippen LogP contribution in [0, 0.1) is 12.3 Å². The van der Waals surface area contributed by atoms with Gasteiger partial charge in [-0.3, -0.25) is 0 Å². The van der Waals surface area contributed by atoms with Crippen LogP contribution in [0.4, 0.5) is 10.5 Å². The summed E-state index contributed by atoms with van der Waals surface area (Å²) in [5.74, 6) is 0. The zero-order valence-electron chi connectivity index (χ0n) is 11.2. The summed E-state index contributed by atoms with van der Waals surface area (Å²) in [5, 5.41) is 5.45. The number of anilines is 1. The molecule has 2 N–H and O–H groups in total. The van der Waals surface area contributed by atoms with Crippen LogP contribution < -0.4 is 10.6 Å². The van der Waals surface area contributed by atoms with Gasteiger partial charge in [0.25, 0.3) is 0 Å². The Morgan fingerprint density at radius 3 is 2.56 bits per heavy atom. The van der Waals surface area contributed by atoms with Crippen molar-refractivity contribution in [2.75, 3.05) is 5.32 Å². The number of benzene rings is 1. The minimum absolute atomic E-state index is 0.0533. The van der Waals surface area contributed by atoms with E-state index in [2.05, 4.69) is 47.3 Å². The molecule has 0 radical (unpaired) electrons. The highest BCUT2D eigenvalue weighted by Gasteiger charge is 2.06. The molecular weight excluding hydrogens is 292 g/mol. The molecule has 1 aromatic carbocycles. The first-order valence-electron chi connectivity index (χ1n) is 5.79. The van der Waals surface area contributed by atoms with Crippen molar-refractivity contribution in [3.8, 4) is 0 Å². The van der Waals surface area contributed by atoms with Gasteiger partial charge in [0.05, 0.1) is 5.69 Å². The van der Waals surface area contributed by atoms with Gasteiger partial charge in [-0.15, -0.1) is 0 Å². The normalized spacial score (nSPS) is 11.6. The van der Waals surface area contributed by atoms with Crippen LogP contribution in [0.15, 0.2) is 34.9 Å². The van der Waals surface area contributed by atoms with Crippen molar-refractivity contribution in [3.63, 3.8) is 0 Å². The molecule has 0 aliphatic heterocycles. The third-order valence-electron chi connectivity index (χ3n) is 2.17. The number of amides is 2. The third-order valence-corrected chi connectivity index (χ3v) is 2.83. The lowest BCUT2D eigenvalue weighted by Gasteiger charge is -2.12. The largest absolute Gasteiger partial charge is 0.323 e. The lowest BCUT2D eigenvalue weighted by atomic mass is 9.97. The first-order valence-corrected chi connectivity index (χ1v) is 6.58. The van der Waals surface area contributed by atoms with Crippen molar-refractivity contribution in [2.24, 2.45) is 5.41 Å². The fraction of sp³-hybridized carbons (Fsp3) is 0.357. The fourth-order valence-corrected chi connectivity index (χ4v) is 1.84. The highest BCUT2D eigenvalue weighted by Crippen LogP contribution is 2.23. The second kappa shape index (κ2) is 6.05. The predicted molar refractivity (Wildman–Crippen MR) is 79.6 cm³/mol. The van der Waals surface area contributed by atoms with E-state index < -0.39 is 0 Å². The summed E-state index contributed by atoms with van der Waals surface area (Å²) in [6.07, 6.45) is 3.61. The van der Waals surface area contributed by atoms with Crippen LogP contribution in [0.3, 0.4) is 0 Å². The highest BCUT2D eigenvalue weighted by atomic mass is 79.9. The highest BCUT2D eigenvalue weighted by molar-refractivity contribution is 9.10. The second-order valence-electron chi connectivity index (χ2n) is 5.28. The average molecular weight is 311 g/mol. The van der Waals surface area contributed by atoms with Crippen molar-refractivity contribution >= 4 is 27.6 Å². The number of aryl methyl sites for hydroxylation is 1. The number of carbonyl (C=O) groups is 1. The fourth-order valence-electron chi connectivity index (χ4n) is 1.25. The third kappa shape index (κ3) is 5.36. The first kappa shape index (κ1) is 14.8. The van der Waals surface area contributed by atoms with Gasteiger partial charge in [-0.1, -0.05) is 32.9 Å². The number of hydrogen-bond donors (Lipinski definition) is 2. The van der Waals surface area contributed by atoms with E-state index in [-0.39, 0.29) is 11.4 Å². The molecule has 3 nitrogen and oxygen atoms in total. The predicted octanol–water partition coefficient (Wildman–Crippen LogP) is 4.44. The maximum Gasteiger partial charge on any atom is 0.323 e. The standard InChI is InChI=1S/C14H19BrN2O/c1-10-5-6-12(11(15)9-10)17-13(18)16-8-7-14(2,3)4/h5-9H,1-4H3,(H2,16,17,18)/b8-7+. The Bertz CT molecular complexity index is 461. The molecule has 0 spiro atoms. The van der Waals surface area contributed by atoms with Gasteiger partial charge in [0.1, 0.15) is 0 Å². The van der Waals surface area contributed by atoms with E-state index in [9.17, 15) is 4.79 Å². The van der Waals surface area contributed by atoms with Gasteiger partial charge in [0.2, 0.25) is 0 Å². The van der Waals surface area contributed by atoms with E-state index in [1.54, 1.807) is 6.20 Å². The number of allylic oxidation sites excluding steroid dienone is 1. The van der Waals surface area contributed by atoms with Gasteiger partial charge in [-0.25, -0.2) is 4.79 Å². The number of rotatable bonds is 2. The van der Waals surface area contributed by atoms with Crippen molar-refractivity contribution in [2.45, 2.75) is 27.7 Å². The lowest BCUT2D eigenvalue weighted by Crippen LogP contribution is -2.24. The molecule has 18 heavy (non-hydrogen) atoms. The van der Waals surface area contributed by atoms with Crippen LogP contribution in [0.5, 0.6) is 0 Å². The van der Waals surface area contributed by atoms with Crippen LogP contribution in [0.25, 0.3) is 0 Å². The zero-order valence-corrected chi connectivity index (χ0v) is 12.8. The topological polar surface area (TPSA) is 41.1 Å². The SMILES string of the molecule is Cc1ccc(NC(=O)N/C=C/C(C)(C)C)c(Br)c1. The van der Waals surface area contributed by atoms with E-state index >= 15 is 0 Å². The molecule has 1 aromatic rings. The van der Waals surface area contributed by atoms with Gasteiger partial charge in [0, 0.05) is 10.7 Å². The molecule has 0 atom stereocenters. The van der Waals surface area contributed by atoms with Gasteiger partial charge in [0.15, 0.2) is 0 Å². The van der Waals surface area contributed by atoms with E-state index in [1.807, 2.05) is 31.2 Å². The molecule has 0 bridgehead atoms. The molecular formula is C14H19BrN2O. The van der Waals surface area contributed by atoms with Gasteiger partial charge in [-0.05, 0) is 46.0 Å². The van der Waals surface area contributed by atoms with E-state index in [4.69, 9.17) is 0 Å². The van der Waals surface area contributed by atoms with Crippen molar-refractivity contribution in [1.82, 2.24) is 5.32 Å². The molecule has 0 aromatic heterocycles. The lowest BCUT2D eigenvalue weighted by molar-refractivity contribution is 0.255. The minimum Gasteiger partial charge on any atom is -0.315 e. The Morgan fingerprint density at radius 1 is 1.33 bits per heavy atom. The molecule has 0 aliphatic rings. The van der Waals surface area contributed by atoms with Crippen LogP contribution in [-0.4, -0.2) is 6.03 Å². The Labute approximate surface area is 117 Å². The van der Waals surface area contributed by atoms with Gasteiger partial charge >= 0.3 is 6.03 Å². The maximum atomic E-state index is 11.6. The number of nitrogens with one attached hydrogen (secondary N) is 2. The zero-order chi connectivity index (χ0) is 13.8. The molecule has 2 amide bonds. The maximum absolute atomic E-state index is 11.6. The molecule has 0 saturated heterocycles. The number of hydrogen-bond acceptors (Lipinski definition) is 1. The summed E-state index contributed by atoms with van der Waals surface area (Å²) in [6, 6.07) is 5.53. The number of carbonyl (C=O) groups excluding carboxylic acids is 1. The summed E-state index contributed by atoms with van der Waals surface area (Å²) in [4.78, 5) is 11.6.